The minimum atomic E-state index is 0.811. The molecule has 3 heterocycles. The molecule has 0 radical (unpaired) electrons. The maximum Gasteiger partial charge on any atom is 0.119 e. The molecule has 0 spiro atoms. The van der Waals surface area contributed by atoms with Crippen molar-refractivity contribution in [3.05, 3.63) is 65.9 Å². The van der Waals surface area contributed by atoms with Crippen LogP contribution in [-0.4, -0.2) is 73.7 Å². The van der Waals surface area contributed by atoms with Crippen LogP contribution in [0.4, 0.5) is 5.69 Å². The molecular formula is C31H42N4O. The van der Waals surface area contributed by atoms with Crippen LogP contribution in [0.1, 0.15) is 43.4 Å². The Kier molecular flexibility index (Phi) is 8.73. The van der Waals surface area contributed by atoms with Gasteiger partial charge in [0.2, 0.25) is 0 Å². The van der Waals surface area contributed by atoms with E-state index in [-0.39, 0.29) is 0 Å². The Morgan fingerprint density at radius 1 is 0.778 bits per heavy atom. The van der Waals surface area contributed by atoms with Gasteiger partial charge < -0.3 is 14.5 Å². The van der Waals surface area contributed by atoms with E-state index in [1.54, 1.807) is 0 Å². The van der Waals surface area contributed by atoms with E-state index in [1.165, 1.54) is 62.0 Å². The van der Waals surface area contributed by atoms with Crippen molar-refractivity contribution in [1.82, 2.24) is 14.8 Å². The Labute approximate surface area is 217 Å². The predicted molar refractivity (Wildman–Crippen MR) is 150 cm³/mol. The summed E-state index contributed by atoms with van der Waals surface area (Å²) in [6.45, 7) is 12.0. The lowest BCUT2D eigenvalue weighted by molar-refractivity contribution is 0.239. The van der Waals surface area contributed by atoms with Gasteiger partial charge in [-0.2, -0.15) is 0 Å². The summed E-state index contributed by atoms with van der Waals surface area (Å²) in [7, 11) is 0. The van der Waals surface area contributed by atoms with Gasteiger partial charge in [-0.05, 0) is 75.5 Å². The molecule has 1 aromatic heterocycles. The van der Waals surface area contributed by atoms with Crippen molar-refractivity contribution in [2.45, 2.75) is 45.4 Å². The summed E-state index contributed by atoms with van der Waals surface area (Å²) in [5.74, 6) is 1.02. The molecule has 5 heteroatoms. The van der Waals surface area contributed by atoms with Gasteiger partial charge in [0, 0.05) is 56.0 Å². The molecule has 5 nitrogen and oxygen atoms in total. The number of piperazine rings is 1. The molecule has 2 fully saturated rings. The van der Waals surface area contributed by atoms with E-state index in [9.17, 15) is 0 Å². The van der Waals surface area contributed by atoms with Crippen molar-refractivity contribution in [1.29, 1.82) is 0 Å². The number of rotatable bonds is 9. The summed E-state index contributed by atoms with van der Waals surface area (Å²) in [5, 5.41) is 1.26. The van der Waals surface area contributed by atoms with Crippen LogP contribution in [0.3, 0.4) is 0 Å². The monoisotopic (exact) mass is 486 g/mol. The molecule has 0 aliphatic carbocycles. The molecular weight excluding hydrogens is 444 g/mol. The molecule has 0 saturated carbocycles. The van der Waals surface area contributed by atoms with Crippen molar-refractivity contribution >= 4 is 16.6 Å². The number of para-hydroxylation sites is 1. The van der Waals surface area contributed by atoms with E-state index in [0.29, 0.717) is 0 Å². The van der Waals surface area contributed by atoms with Crippen molar-refractivity contribution < 1.29 is 4.74 Å². The van der Waals surface area contributed by atoms with Crippen LogP contribution in [0.2, 0.25) is 0 Å². The molecule has 0 amide bonds. The maximum absolute atomic E-state index is 6.12. The molecule has 36 heavy (non-hydrogen) atoms. The molecule has 0 N–H and O–H groups in total. The standard InChI is InChI=1S/C31H42N4O/c1-26-24-31(29-12-4-5-13-30(29)32-26)35-21-19-34(20-22-35)18-14-27-10-8-11-28(25-27)36-23-9-17-33-15-6-2-3-7-16-33/h4-5,8,10-13,24-25H,2-3,6-7,9,14-23H2,1H3. The lowest BCUT2D eigenvalue weighted by atomic mass is 10.1. The number of likely N-dealkylation sites (tertiary alicyclic amines) is 1. The summed E-state index contributed by atoms with van der Waals surface area (Å²) in [6.07, 6.45) is 7.70. The van der Waals surface area contributed by atoms with Crippen LogP contribution >= 0.6 is 0 Å². The normalized spacial score (nSPS) is 17.9. The average Bonchev–Trinajstić information content (AvgIpc) is 3.19. The van der Waals surface area contributed by atoms with Crippen LogP contribution in [0.15, 0.2) is 54.6 Å². The quantitative estimate of drug-likeness (QED) is 0.370. The zero-order valence-corrected chi connectivity index (χ0v) is 22.0. The molecule has 2 aromatic carbocycles. The van der Waals surface area contributed by atoms with Gasteiger partial charge in [-0.25, -0.2) is 0 Å². The van der Waals surface area contributed by atoms with Gasteiger partial charge in [-0.1, -0.05) is 43.2 Å². The number of hydrogen-bond acceptors (Lipinski definition) is 5. The number of hydrogen-bond donors (Lipinski definition) is 0. The van der Waals surface area contributed by atoms with E-state index >= 15 is 0 Å². The van der Waals surface area contributed by atoms with Crippen molar-refractivity contribution in [2.24, 2.45) is 0 Å². The van der Waals surface area contributed by atoms with Crippen LogP contribution in [0.5, 0.6) is 5.75 Å². The highest BCUT2D eigenvalue weighted by Crippen LogP contribution is 2.27. The third-order valence-electron chi connectivity index (χ3n) is 7.74. The molecule has 0 atom stereocenters. The Bertz CT molecular complexity index is 1100. The first kappa shape index (κ1) is 25.0. The molecule has 192 valence electrons. The van der Waals surface area contributed by atoms with Crippen molar-refractivity contribution in [2.75, 3.05) is 63.9 Å². The number of anilines is 1. The molecule has 5 rings (SSSR count). The van der Waals surface area contributed by atoms with Crippen LogP contribution < -0.4 is 9.64 Å². The van der Waals surface area contributed by atoms with Gasteiger partial charge in [0.15, 0.2) is 0 Å². The zero-order chi connectivity index (χ0) is 24.6. The summed E-state index contributed by atoms with van der Waals surface area (Å²) < 4.78 is 6.12. The average molecular weight is 487 g/mol. The van der Waals surface area contributed by atoms with Gasteiger partial charge >= 0.3 is 0 Å². The van der Waals surface area contributed by atoms with E-state index in [1.807, 2.05) is 0 Å². The summed E-state index contributed by atoms with van der Waals surface area (Å²) in [5.41, 5.74) is 4.89. The van der Waals surface area contributed by atoms with Crippen molar-refractivity contribution in [3.8, 4) is 5.75 Å². The number of aromatic nitrogens is 1. The van der Waals surface area contributed by atoms with Crippen LogP contribution in [-0.2, 0) is 6.42 Å². The highest BCUT2D eigenvalue weighted by atomic mass is 16.5. The second-order valence-electron chi connectivity index (χ2n) is 10.5. The number of aryl methyl sites for hydroxylation is 1. The first-order valence-electron chi connectivity index (χ1n) is 14.0. The molecule has 2 saturated heterocycles. The van der Waals surface area contributed by atoms with Crippen molar-refractivity contribution in [3.63, 3.8) is 0 Å². The summed E-state index contributed by atoms with van der Waals surface area (Å²) >= 11 is 0. The van der Waals surface area contributed by atoms with Gasteiger partial charge in [-0.15, -0.1) is 0 Å². The highest BCUT2D eigenvalue weighted by molar-refractivity contribution is 5.92. The van der Waals surface area contributed by atoms with Crippen LogP contribution in [0.25, 0.3) is 10.9 Å². The van der Waals surface area contributed by atoms with Gasteiger partial charge in [0.25, 0.3) is 0 Å². The Morgan fingerprint density at radius 2 is 1.56 bits per heavy atom. The first-order valence-corrected chi connectivity index (χ1v) is 14.0. The SMILES string of the molecule is Cc1cc(N2CCN(CCc3cccc(OCCCN4CCCCCC4)c3)CC2)c2ccccc2n1. The number of fused-ring (bicyclic) bond motifs is 1. The molecule has 2 aliphatic rings. The second kappa shape index (κ2) is 12.6. The Morgan fingerprint density at radius 3 is 2.39 bits per heavy atom. The fourth-order valence-corrected chi connectivity index (χ4v) is 5.68. The number of nitrogens with zero attached hydrogens (tertiary/aromatic N) is 4. The largest absolute Gasteiger partial charge is 0.494 e. The molecule has 2 aliphatic heterocycles. The third-order valence-corrected chi connectivity index (χ3v) is 7.74. The fourth-order valence-electron chi connectivity index (χ4n) is 5.68. The van der Waals surface area contributed by atoms with Crippen LogP contribution in [0, 0.1) is 6.92 Å². The highest BCUT2D eigenvalue weighted by Gasteiger charge is 2.19. The lowest BCUT2D eigenvalue weighted by Gasteiger charge is -2.36. The fraction of sp³-hybridized carbons (Fsp3) is 0.516. The minimum Gasteiger partial charge on any atom is -0.494 e. The van der Waals surface area contributed by atoms with E-state index in [4.69, 9.17) is 9.72 Å². The number of pyridine rings is 1. The third kappa shape index (κ3) is 6.77. The minimum absolute atomic E-state index is 0.811. The zero-order valence-electron chi connectivity index (χ0n) is 22.0. The van der Waals surface area contributed by atoms with E-state index in [0.717, 1.165) is 69.1 Å². The topological polar surface area (TPSA) is 31.8 Å². The number of ether oxygens (including phenoxy) is 1. The van der Waals surface area contributed by atoms with Gasteiger partial charge in [0.05, 0.1) is 12.1 Å². The first-order chi connectivity index (χ1) is 17.7. The van der Waals surface area contributed by atoms with Gasteiger partial charge in [0.1, 0.15) is 5.75 Å². The predicted octanol–water partition coefficient (Wildman–Crippen LogP) is 5.55. The molecule has 0 bridgehead atoms. The molecule has 0 unspecified atom stereocenters. The summed E-state index contributed by atoms with van der Waals surface area (Å²) in [6, 6.07) is 19.5. The second-order valence-corrected chi connectivity index (χ2v) is 10.5. The Hall–Kier alpha value is -2.63. The molecule has 3 aromatic rings. The lowest BCUT2D eigenvalue weighted by Crippen LogP contribution is -2.47. The summed E-state index contributed by atoms with van der Waals surface area (Å²) in [4.78, 5) is 12.5. The smallest absolute Gasteiger partial charge is 0.119 e. The van der Waals surface area contributed by atoms with Gasteiger partial charge in [-0.3, -0.25) is 9.88 Å². The van der Waals surface area contributed by atoms with E-state index < -0.39 is 0 Å². The number of benzene rings is 2. The van der Waals surface area contributed by atoms with E-state index in [2.05, 4.69) is 76.2 Å². The maximum atomic E-state index is 6.12. The Balaban J connectivity index is 1.06.